The van der Waals surface area contributed by atoms with Gasteiger partial charge in [0.05, 0.1) is 6.04 Å². The Hall–Kier alpha value is -1.32. The lowest BCUT2D eigenvalue weighted by Gasteiger charge is -2.26. The van der Waals surface area contributed by atoms with E-state index in [0.29, 0.717) is 0 Å². The molecule has 0 aliphatic rings. The predicted molar refractivity (Wildman–Crippen MR) is 80.5 cm³/mol. The van der Waals surface area contributed by atoms with Crippen molar-refractivity contribution in [3.63, 3.8) is 0 Å². The van der Waals surface area contributed by atoms with Crippen molar-refractivity contribution < 1.29 is 4.79 Å². The second-order valence-electron chi connectivity index (χ2n) is 4.41. The van der Waals surface area contributed by atoms with Crippen LogP contribution >= 0.6 is 22.9 Å². The first-order valence-electron chi connectivity index (χ1n) is 6.10. The fourth-order valence-electron chi connectivity index (χ4n) is 1.85. The van der Waals surface area contributed by atoms with Gasteiger partial charge in [-0.2, -0.15) is 0 Å². The number of alkyl halides is 1. The van der Waals surface area contributed by atoms with Crippen molar-refractivity contribution in [3.8, 4) is 0 Å². The Morgan fingerprint density at radius 1 is 1.21 bits per heavy atom. The molecule has 1 amide bonds. The number of carbonyl (C=O) groups excluding carboxylic acids is 1. The second kappa shape index (κ2) is 6.22. The predicted octanol–water partition coefficient (Wildman–Crippen LogP) is 4.25. The second-order valence-corrected chi connectivity index (χ2v) is 5.83. The van der Waals surface area contributed by atoms with Gasteiger partial charge in [0.2, 0.25) is 5.91 Å². The normalized spacial score (nSPS) is 13.8. The molecule has 0 fully saturated rings. The number of nitrogens with zero attached hydrogens (tertiary/aromatic N) is 1. The SMILES string of the molecule is CC(c1cccs1)N(C)C(=O)C(Cl)c1ccccc1. The van der Waals surface area contributed by atoms with Crippen LogP contribution in [0.25, 0.3) is 0 Å². The summed E-state index contributed by atoms with van der Waals surface area (Å²) < 4.78 is 0. The van der Waals surface area contributed by atoms with Gasteiger partial charge in [-0.3, -0.25) is 4.79 Å². The Kier molecular flexibility index (Phi) is 4.61. The van der Waals surface area contributed by atoms with Crippen molar-refractivity contribution in [1.29, 1.82) is 0 Å². The van der Waals surface area contributed by atoms with Gasteiger partial charge in [-0.25, -0.2) is 0 Å². The highest BCUT2D eigenvalue weighted by Crippen LogP contribution is 2.28. The molecule has 2 nitrogen and oxygen atoms in total. The number of rotatable bonds is 4. The Balaban J connectivity index is 2.11. The maximum Gasteiger partial charge on any atom is 0.245 e. The van der Waals surface area contributed by atoms with Gasteiger partial charge in [0, 0.05) is 11.9 Å². The highest BCUT2D eigenvalue weighted by Gasteiger charge is 2.25. The third-order valence-electron chi connectivity index (χ3n) is 3.19. The minimum Gasteiger partial charge on any atom is -0.337 e. The summed E-state index contributed by atoms with van der Waals surface area (Å²) in [6, 6.07) is 13.5. The van der Waals surface area contributed by atoms with E-state index >= 15 is 0 Å². The molecule has 0 saturated carbocycles. The zero-order valence-corrected chi connectivity index (χ0v) is 12.5. The van der Waals surface area contributed by atoms with E-state index < -0.39 is 5.38 Å². The first kappa shape index (κ1) is 14.1. The van der Waals surface area contributed by atoms with Crippen LogP contribution in [0, 0.1) is 0 Å². The molecule has 0 spiro atoms. The lowest BCUT2D eigenvalue weighted by molar-refractivity contribution is -0.131. The van der Waals surface area contributed by atoms with Gasteiger partial charge in [0.1, 0.15) is 5.38 Å². The van der Waals surface area contributed by atoms with Crippen molar-refractivity contribution in [2.45, 2.75) is 18.3 Å². The number of thiophene rings is 1. The highest BCUT2D eigenvalue weighted by molar-refractivity contribution is 7.10. The maximum atomic E-state index is 12.4. The molecule has 1 aromatic heterocycles. The molecule has 0 saturated heterocycles. The summed E-state index contributed by atoms with van der Waals surface area (Å²) in [7, 11) is 1.80. The van der Waals surface area contributed by atoms with Gasteiger partial charge in [0.15, 0.2) is 0 Å². The summed E-state index contributed by atoms with van der Waals surface area (Å²) in [5.74, 6) is -0.0752. The highest BCUT2D eigenvalue weighted by atomic mass is 35.5. The van der Waals surface area contributed by atoms with Crippen LogP contribution in [-0.4, -0.2) is 17.9 Å². The third kappa shape index (κ3) is 3.17. The monoisotopic (exact) mass is 293 g/mol. The van der Waals surface area contributed by atoms with E-state index in [1.165, 1.54) is 0 Å². The van der Waals surface area contributed by atoms with Crippen molar-refractivity contribution in [3.05, 3.63) is 58.3 Å². The van der Waals surface area contributed by atoms with Crippen molar-refractivity contribution in [2.24, 2.45) is 0 Å². The molecule has 2 aromatic rings. The van der Waals surface area contributed by atoms with E-state index in [0.717, 1.165) is 10.4 Å². The van der Waals surface area contributed by atoms with E-state index in [1.807, 2.05) is 54.8 Å². The van der Waals surface area contributed by atoms with E-state index in [2.05, 4.69) is 0 Å². The summed E-state index contributed by atoms with van der Waals surface area (Å²) in [6.45, 7) is 2.01. The lowest BCUT2D eigenvalue weighted by Crippen LogP contribution is -2.31. The van der Waals surface area contributed by atoms with Gasteiger partial charge in [-0.1, -0.05) is 36.4 Å². The summed E-state index contributed by atoms with van der Waals surface area (Å²) in [5, 5.41) is 1.38. The summed E-state index contributed by atoms with van der Waals surface area (Å²) in [5.41, 5.74) is 0.833. The average Bonchev–Trinajstić information content (AvgIpc) is 2.99. The van der Waals surface area contributed by atoms with E-state index in [1.54, 1.807) is 23.3 Å². The molecule has 19 heavy (non-hydrogen) atoms. The minimum atomic E-state index is -0.631. The maximum absolute atomic E-state index is 12.4. The summed E-state index contributed by atoms with van der Waals surface area (Å²) >= 11 is 7.92. The minimum absolute atomic E-state index is 0.0393. The van der Waals surface area contributed by atoms with E-state index in [4.69, 9.17) is 11.6 Å². The van der Waals surface area contributed by atoms with Crippen LogP contribution in [0.3, 0.4) is 0 Å². The van der Waals surface area contributed by atoms with E-state index in [9.17, 15) is 4.79 Å². The fraction of sp³-hybridized carbons (Fsp3) is 0.267. The summed E-state index contributed by atoms with van der Waals surface area (Å²) in [4.78, 5) is 15.2. The molecular weight excluding hydrogens is 278 g/mol. The first-order valence-corrected chi connectivity index (χ1v) is 7.42. The summed E-state index contributed by atoms with van der Waals surface area (Å²) in [6.07, 6.45) is 0. The number of halogens is 1. The van der Waals surface area contributed by atoms with Gasteiger partial charge >= 0.3 is 0 Å². The van der Waals surface area contributed by atoms with Gasteiger partial charge in [0.25, 0.3) is 0 Å². The number of amides is 1. The van der Waals surface area contributed by atoms with Crippen molar-refractivity contribution in [1.82, 2.24) is 4.90 Å². The van der Waals surface area contributed by atoms with Gasteiger partial charge in [-0.15, -0.1) is 22.9 Å². The molecule has 2 unspecified atom stereocenters. The lowest BCUT2D eigenvalue weighted by atomic mass is 10.1. The van der Waals surface area contributed by atoms with Crippen LogP contribution in [0.4, 0.5) is 0 Å². The van der Waals surface area contributed by atoms with Gasteiger partial charge in [-0.05, 0) is 23.9 Å². The smallest absolute Gasteiger partial charge is 0.245 e. The van der Waals surface area contributed by atoms with Crippen molar-refractivity contribution in [2.75, 3.05) is 7.05 Å². The zero-order chi connectivity index (χ0) is 13.8. The van der Waals surface area contributed by atoms with Crippen LogP contribution in [0.15, 0.2) is 47.8 Å². The van der Waals surface area contributed by atoms with Crippen LogP contribution in [0.5, 0.6) is 0 Å². The van der Waals surface area contributed by atoms with Crippen LogP contribution in [0.2, 0.25) is 0 Å². The van der Waals surface area contributed by atoms with Crippen LogP contribution < -0.4 is 0 Å². The van der Waals surface area contributed by atoms with Crippen molar-refractivity contribution >= 4 is 28.8 Å². The largest absolute Gasteiger partial charge is 0.337 e. The van der Waals surface area contributed by atoms with Crippen LogP contribution in [-0.2, 0) is 4.79 Å². The molecule has 0 aliphatic heterocycles. The molecule has 0 radical (unpaired) electrons. The molecule has 1 heterocycles. The molecule has 100 valence electrons. The molecule has 0 aliphatic carbocycles. The van der Waals surface area contributed by atoms with Gasteiger partial charge < -0.3 is 4.90 Å². The fourth-order valence-corrected chi connectivity index (χ4v) is 2.98. The topological polar surface area (TPSA) is 20.3 Å². The number of likely N-dealkylation sites (N-methyl/N-ethyl adjacent to an activating group) is 1. The van der Waals surface area contributed by atoms with Crippen LogP contribution in [0.1, 0.15) is 28.8 Å². The standard InChI is InChI=1S/C15H16ClNOS/c1-11(13-9-6-10-19-13)17(2)15(18)14(16)12-7-4-3-5-8-12/h3-11,14H,1-2H3. The third-order valence-corrected chi connectivity index (χ3v) is 4.67. The number of benzene rings is 1. The molecule has 0 N–H and O–H groups in total. The number of carbonyl (C=O) groups is 1. The number of hydrogen-bond donors (Lipinski definition) is 0. The molecule has 2 rings (SSSR count). The Bertz CT molecular complexity index is 526. The number of hydrogen-bond acceptors (Lipinski definition) is 2. The molecule has 2 atom stereocenters. The molecular formula is C15H16ClNOS. The van der Waals surface area contributed by atoms with E-state index in [-0.39, 0.29) is 11.9 Å². The Morgan fingerprint density at radius 2 is 1.89 bits per heavy atom. The Labute approximate surface area is 122 Å². The average molecular weight is 294 g/mol. The molecule has 1 aromatic carbocycles. The molecule has 4 heteroatoms. The zero-order valence-electron chi connectivity index (χ0n) is 10.9. The molecule has 0 bridgehead atoms. The first-order chi connectivity index (χ1) is 9.11. The Morgan fingerprint density at radius 3 is 2.47 bits per heavy atom. The quantitative estimate of drug-likeness (QED) is 0.772.